The molecule has 2 N–H and O–H groups in total. The molecule has 2 aromatic carbocycles. The standard InChI is InChI=1S/C22H21ClN2O3/c1-15(17-10-5-6-11-18(17)23)24-21(26)19(14-16-8-3-2-4-9-16)25-22(27)20-12-7-13-28-20/h2-13,15,19H,14H2,1H3,(H,24,26)(H,25,27). The third-order valence-electron chi connectivity index (χ3n) is 4.38. The number of carbonyl (C=O) groups excluding carboxylic acids is 2. The molecule has 2 atom stereocenters. The first kappa shape index (κ1) is 19.7. The summed E-state index contributed by atoms with van der Waals surface area (Å²) in [4.78, 5) is 25.4. The molecule has 1 aromatic heterocycles. The van der Waals surface area contributed by atoms with Gasteiger partial charge in [0.25, 0.3) is 5.91 Å². The van der Waals surface area contributed by atoms with Crippen LogP contribution in [0.3, 0.4) is 0 Å². The monoisotopic (exact) mass is 396 g/mol. The van der Waals surface area contributed by atoms with Crippen molar-refractivity contribution >= 4 is 23.4 Å². The number of hydrogen-bond acceptors (Lipinski definition) is 3. The van der Waals surface area contributed by atoms with Gasteiger partial charge in [0.15, 0.2) is 5.76 Å². The highest BCUT2D eigenvalue weighted by molar-refractivity contribution is 6.31. The lowest BCUT2D eigenvalue weighted by Crippen LogP contribution is -2.48. The quantitative estimate of drug-likeness (QED) is 0.630. The Balaban J connectivity index is 1.75. The van der Waals surface area contributed by atoms with Crippen molar-refractivity contribution in [2.24, 2.45) is 0 Å². The molecular formula is C22H21ClN2O3. The van der Waals surface area contributed by atoms with E-state index in [1.54, 1.807) is 18.2 Å². The van der Waals surface area contributed by atoms with Crippen molar-refractivity contribution in [1.29, 1.82) is 0 Å². The highest BCUT2D eigenvalue weighted by Crippen LogP contribution is 2.22. The third-order valence-corrected chi connectivity index (χ3v) is 4.72. The minimum atomic E-state index is -0.759. The lowest BCUT2D eigenvalue weighted by atomic mass is 10.0. The summed E-state index contributed by atoms with van der Waals surface area (Å²) >= 11 is 6.23. The maximum Gasteiger partial charge on any atom is 0.287 e. The van der Waals surface area contributed by atoms with Gasteiger partial charge in [0.2, 0.25) is 5.91 Å². The Morgan fingerprint density at radius 1 is 0.964 bits per heavy atom. The Hall–Kier alpha value is -3.05. The van der Waals surface area contributed by atoms with E-state index in [9.17, 15) is 9.59 Å². The summed E-state index contributed by atoms with van der Waals surface area (Å²) in [6.45, 7) is 1.85. The molecule has 0 saturated carbocycles. The first-order valence-corrected chi connectivity index (χ1v) is 9.35. The van der Waals surface area contributed by atoms with Crippen LogP contribution in [0.2, 0.25) is 5.02 Å². The van der Waals surface area contributed by atoms with Crippen LogP contribution in [-0.2, 0) is 11.2 Å². The van der Waals surface area contributed by atoms with Crippen LogP contribution < -0.4 is 10.6 Å². The zero-order valence-corrected chi connectivity index (χ0v) is 16.1. The van der Waals surface area contributed by atoms with E-state index in [0.717, 1.165) is 11.1 Å². The highest BCUT2D eigenvalue weighted by atomic mass is 35.5. The second kappa shape index (κ2) is 9.24. The number of furan rings is 1. The van der Waals surface area contributed by atoms with Crippen molar-refractivity contribution in [3.05, 3.63) is 94.9 Å². The van der Waals surface area contributed by atoms with Crippen LogP contribution in [0.5, 0.6) is 0 Å². The molecule has 144 valence electrons. The molecule has 0 bridgehead atoms. The zero-order valence-electron chi connectivity index (χ0n) is 15.4. The summed E-state index contributed by atoms with van der Waals surface area (Å²) in [6, 6.07) is 19.0. The van der Waals surface area contributed by atoms with Gasteiger partial charge in [-0.05, 0) is 36.2 Å². The van der Waals surface area contributed by atoms with Crippen LogP contribution in [0, 0.1) is 0 Å². The molecule has 3 rings (SSSR count). The zero-order chi connectivity index (χ0) is 19.9. The van der Waals surface area contributed by atoms with Crippen LogP contribution >= 0.6 is 11.6 Å². The van der Waals surface area contributed by atoms with Gasteiger partial charge in [-0.3, -0.25) is 9.59 Å². The van der Waals surface area contributed by atoms with E-state index < -0.39 is 11.9 Å². The molecule has 2 unspecified atom stereocenters. The molecule has 0 fully saturated rings. The van der Waals surface area contributed by atoms with E-state index in [1.165, 1.54) is 6.26 Å². The highest BCUT2D eigenvalue weighted by Gasteiger charge is 2.25. The smallest absolute Gasteiger partial charge is 0.287 e. The van der Waals surface area contributed by atoms with Crippen molar-refractivity contribution in [3.8, 4) is 0 Å². The lowest BCUT2D eigenvalue weighted by Gasteiger charge is -2.22. The van der Waals surface area contributed by atoms with Gasteiger partial charge in [-0.25, -0.2) is 0 Å². The first-order valence-electron chi connectivity index (χ1n) is 8.97. The summed E-state index contributed by atoms with van der Waals surface area (Å²) in [7, 11) is 0. The Bertz CT molecular complexity index is 926. The van der Waals surface area contributed by atoms with Crippen LogP contribution in [0.1, 0.15) is 34.6 Å². The predicted molar refractivity (Wildman–Crippen MR) is 108 cm³/mol. The molecule has 5 nitrogen and oxygen atoms in total. The van der Waals surface area contributed by atoms with Gasteiger partial charge in [0.1, 0.15) is 6.04 Å². The Kier molecular flexibility index (Phi) is 6.50. The molecule has 1 heterocycles. The van der Waals surface area contributed by atoms with Gasteiger partial charge in [-0.1, -0.05) is 60.1 Å². The fourth-order valence-electron chi connectivity index (χ4n) is 2.91. The molecule has 3 aromatic rings. The van der Waals surface area contributed by atoms with Gasteiger partial charge in [0, 0.05) is 11.4 Å². The minimum Gasteiger partial charge on any atom is -0.459 e. The first-order chi connectivity index (χ1) is 13.5. The number of amides is 2. The normalized spacial score (nSPS) is 12.8. The predicted octanol–water partition coefficient (Wildman–Crippen LogP) is 4.15. The second-order valence-corrected chi connectivity index (χ2v) is 6.85. The molecule has 0 radical (unpaired) electrons. The Morgan fingerprint density at radius 3 is 2.36 bits per heavy atom. The third kappa shape index (κ3) is 5.02. The fourth-order valence-corrected chi connectivity index (χ4v) is 3.21. The number of hydrogen-bond donors (Lipinski definition) is 2. The van der Waals surface area contributed by atoms with Crippen LogP contribution in [0.4, 0.5) is 0 Å². The number of carbonyl (C=O) groups is 2. The second-order valence-electron chi connectivity index (χ2n) is 6.44. The summed E-state index contributed by atoms with van der Waals surface area (Å²) in [5.74, 6) is -0.576. The molecule has 0 aliphatic heterocycles. The van der Waals surface area contributed by atoms with Gasteiger partial charge in [-0.2, -0.15) is 0 Å². The number of benzene rings is 2. The number of halogens is 1. The van der Waals surface area contributed by atoms with Gasteiger partial charge in [-0.15, -0.1) is 0 Å². The Morgan fingerprint density at radius 2 is 1.68 bits per heavy atom. The topological polar surface area (TPSA) is 71.3 Å². The van der Waals surface area contributed by atoms with Crippen molar-refractivity contribution in [2.75, 3.05) is 0 Å². The van der Waals surface area contributed by atoms with E-state index in [0.29, 0.717) is 11.4 Å². The molecular weight excluding hydrogens is 376 g/mol. The van der Waals surface area contributed by atoms with E-state index >= 15 is 0 Å². The summed E-state index contributed by atoms with van der Waals surface area (Å²) < 4.78 is 5.13. The molecule has 0 spiro atoms. The number of nitrogens with one attached hydrogen (secondary N) is 2. The molecule has 6 heteroatoms. The van der Waals surface area contributed by atoms with Crippen LogP contribution in [0.25, 0.3) is 0 Å². The maximum atomic E-state index is 12.9. The fraction of sp³-hybridized carbons (Fsp3) is 0.182. The van der Waals surface area contributed by atoms with E-state index in [-0.39, 0.29) is 17.7 Å². The van der Waals surface area contributed by atoms with Gasteiger partial charge < -0.3 is 15.1 Å². The molecule has 28 heavy (non-hydrogen) atoms. The van der Waals surface area contributed by atoms with Crippen molar-refractivity contribution in [3.63, 3.8) is 0 Å². The summed E-state index contributed by atoms with van der Waals surface area (Å²) in [5, 5.41) is 6.28. The van der Waals surface area contributed by atoms with Gasteiger partial charge in [0.05, 0.1) is 12.3 Å². The average Bonchev–Trinajstić information content (AvgIpc) is 3.23. The van der Waals surface area contributed by atoms with Crippen LogP contribution in [-0.4, -0.2) is 17.9 Å². The van der Waals surface area contributed by atoms with Crippen LogP contribution in [0.15, 0.2) is 77.4 Å². The van der Waals surface area contributed by atoms with Crippen molar-refractivity contribution in [1.82, 2.24) is 10.6 Å². The molecule has 0 saturated heterocycles. The maximum absolute atomic E-state index is 12.9. The lowest BCUT2D eigenvalue weighted by molar-refractivity contribution is -0.123. The average molecular weight is 397 g/mol. The SMILES string of the molecule is CC(NC(=O)C(Cc1ccccc1)NC(=O)c1ccco1)c1ccccc1Cl. The van der Waals surface area contributed by atoms with E-state index in [2.05, 4.69) is 10.6 Å². The van der Waals surface area contributed by atoms with Gasteiger partial charge >= 0.3 is 0 Å². The molecule has 2 amide bonds. The van der Waals surface area contributed by atoms with Crippen molar-refractivity contribution < 1.29 is 14.0 Å². The Labute approximate surface area is 168 Å². The van der Waals surface area contributed by atoms with E-state index in [1.807, 2.05) is 55.5 Å². The van der Waals surface area contributed by atoms with E-state index in [4.69, 9.17) is 16.0 Å². The molecule has 0 aliphatic carbocycles. The largest absolute Gasteiger partial charge is 0.459 e. The minimum absolute atomic E-state index is 0.157. The number of rotatable bonds is 7. The molecule has 0 aliphatic rings. The summed E-state index contributed by atoms with van der Waals surface area (Å²) in [5.41, 5.74) is 1.75. The summed E-state index contributed by atoms with van der Waals surface area (Å²) in [6.07, 6.45) is 1.77. The van der Waals surface area contributed by atoms with Crippen molar-refractivity contribution in [2.45, 2.75) is 25.4 Å².